The molecule has 1 aliphatic rings. The number of aryl methyl sites for hydroxylation is 1. The molecule has 1 aromatic heterocycles. The molecule has 4 rings (SSSR count). The van der Waals surface area contributed by atoms with Crippen LogP contribution in [0.2, 0.25) is 0 Å². The first-order valence-corrected chi connectivity index (χ1v) is 10.6. The Kier molecular flexibility index (Phi) is 6.34. The fraction of sp³-hybridized carbons (Fsp3) is 0.333. The standard InChI is InChI=1S/C24H27N3O4/c1-2-19-13-18-5-3-4-6-22(18)27(19)14-16-7-9-17(10-8-16)23(28)25-21-11-12-31-15-20(21)24(29)26-30/h3-10,13,20-21,30H,2,11-12,14-15H2,1H3,(H,25,28)(H,26,29)/t20-,21+/m0/s1. The molecule has 1 saturated heterocycles. The van der Waals surface area contributed by atoms with Crippen molar-refractivity contribution in [1.82, 2.24) is 15.4 Å². The van der Waals surface area contributed by atoms with Crippen LogP contribution >= 0.6 is 0 Å². The fourth-order valence-corrected chi connectivity index (χ4v) is 4.20. The van der Waals surface area contributed by atoms with Gasteiger partial charge in [0.25, 0.3) is 11.8 Å². The smallest absolute Gasteiger partial charge is 0.251 e. The number of benzene rings is 2. The highest BCUT2D eigenvalue weighted by Gasteiger charge is 2.32. The van der Waals surface area contributed by atoms with E-state index in [4.69, 9.17) is 9.94 Å². The van der Waals surface area contributed by atoms with Crippen LogP contribution in [0.1, 0.15) is 35.0 Å². The number of nitrogens with one attached hydrogen (secondary N) is 2. The number of nitrogens with zero attached hydrogens (tertiary/aromatic N) is 1. The normalized spacial score (nSPS) is 18.6. The highest BCUT2D eigenvalue weighted by atomic mass is 16.5. The van der Waals surface area contributed by atoms with Gasteiger partial charge in [-0.15, -0.1) is 0 Å². The Labute approximate surface area is 181 Å². The lowest BCUT2D eigenvalue weighted by atomic mass is 9.94. The van der Waals surface area contributed by atoms with Gasteiger partial charge in [-0.2, -0.15) is 0 Å². The molecule has 0 spiro atoms. The number of aromatic nitrogens is 1. The average Bonchev–Trinajstić information content (AvgIpc) is 3.17. The van der Waals surface area contributed by atoms with E-state index in [0.29, 0.717) is 18.6 Å². The predicted octanol–water partition coefficient (Wildman–Crippen LogP) is 2.89. The van der Waals surface area contributed by atoms with E-state index in [1.165, 1.54) is 16.6 Å². The van der Waals surface area contributed by atoms with Gasteiger partial charge in [0.1, 0.15) is 0 Å². The maximum atomic E-state index is 12.7. The summed E-state index contributed by atoms with van der Waals surface area (Å²) in [6, 6.07) is 17.7. The molecule has 31 heavy (non-hydrogen) atoms. The number of hydrogen-bond donors (Lipinski definition) is 3. The Morgan fingerprint density at radius 3 is 2.68 bits per heavy atom. The molecular weight excluding hydrogens is 394 g/mol. The Morgan fingerprint density at radius 1 is 1.16 bits per heavy atom. The van der Waals surface area contributed by atoms with Crippen LogP contribution in [0.3, 0.4) is 0 Å². The molecule has 2 amide bonds. The third kappa shape index (κ3) is 4.47. The van der Waals surface area contributed by atoms with E-state index in [-0.39, 0.29) is 18.6 Å². The van der Waals surface area contributed by atoms with E-state index >= 15 is 0 Å². The quantitative estimate of drug-likeness (QED) is 0.422. The first-order valence-electron chi connectivity index (χ1n) is 10.6. The zero-order valence-corrected chi connectivity index (χ0v) is 17.5. The van der Waals surface area contributed by atoms with Crippen LogP contribution in [0, 0.1) is 5.92 Å². The van der Waals surface area contributed by atoms with Gasteiger partial charge in [-0.25, -0.2) is 5.48 Å². The Bertz CT molecular complexity index is 1070. The summed E-state index contributed by atoms with van der Waals surface area (Å²) in [7, 11) is 0. The molecule has 2 heterocycles. The van der Waals surface area contributed by atoms with Crippen LogP contribution in [-0.2, 0) is 22.5 Å². The number of hydroxylamine groups is 1. The minimum atomic E-state index is -0.614. The van der Waals surface area contributed by atoms with Gasteiger partial charge in [-0.05, 0) is 48.1 Å². The largest absolute Gasteiger partial charge is 0.380 e. The molecule has 2 atom stereocenters. The van der Waals surface area contributed by atoms with Crippen LogP contribution in [-0.4, -0.2) is 40.8 Å². The second kappa shape index (κ2) is 9.32. The zero-order chi connectivity index (χ0) is 21.8. The summed E-state index contributed by atoms with van der Waals surface area (Å²) >= 11 is 0. The van der Waals surface area contributed by atoms with Crippen molar-refractivity contribution in [2.45, 2.75) is 32.4 Å². The van der Waals surface area contributed by atoms with Crippen molar-refractivity contribution in [3.8, 4) is 0 Å². The summed E-state index contributed by atoms with van der Waals surface area (Å²) in [5, 5.41) is 13.1. The number of carbonyl (C=O) groups excluding carboxylic acids is 2. The number of carbonyl (C=O) groups is 2. The van der Waals surface area contributed by atoms with Gasteiger partial charge in [0, 0.05) is 36.0 Å². The molecule has 0 radical (unpaired) electrons. The number of para-hydroxylation sites is 1. The molecule has 3 N–H and O–H groups in total. The molecule has 0 saturated carbocycles. The number of amides is 2. The lowest BCUT2D eigenvalue weighted by Gasteiger charge is -2.30. The predicted molar refractivity (Wildman–Crippen MR) is 117 cm³/mol. The molecular formula is C24H27N3O4. The third-order valence-electron chi connectivity index (χ3n) is 5.94. The van der Waals surface area contributed by atoms with Crippen LogP contribution in [0.25, 0.3) is 10.9 Å². The van der Waals surface area contributed by atoms with Crippen molar-refractivity contribution < 1.29 is 19.5 Å². The number of ether oxygens (including phenoxy) is 1. The van der Waals surface area contributed by atoms with Crippen LogP contribution in [0.4, 0.5) is 0 Å². The lowest BCUT2D eigenvalue weighted by molar-refractivity contribution is -0.138. The summed E-state index contributed by atoms with van der Waals surface area (Å²) in [4.78, 5) is 24.6. The van der Waals surface area contributed by atoms with E-state index in [9.17, 15) is 9.59 Å². The first kappa shape index (κ1) is 21.1. The van der Waals surface area contributed by atoms with Crippen LogP contribution in [0.5, 0.6) is 0 Å². The first-order chi connectivity index (χ1) is 15.1. The Balaban J connectivity index is 1.47. The lowest BCUT2D eigenvalue weighted by Crippen LogP contribution is -2.51. The Hall–Kier alpha value is -3.16. The summed E-state index contributed by atoms with van der Waals surface area (Å²) < 4.78 is 7.62. The van der Waals surface area contributed by atoms with E-state index in [0.717, 1.165) is 18.5 Å². The zero-order valence-electron chi connectivity index (χ0n) is 17.5. The van der Waals surface area contributed by atoms with Gasteiger partial charge in [-0.3, -0.25) is 14.8 Å². The molecule has 3 aromatic rings. The van der Waals surface area contributed by atoms with E-state index in [2.05, 4.69) is 35.0 Å². The van der Waals surface area contributed by atoms with Gasteiger partial charge in [0.2, 0.25) is 0 Å². The van der Waals surface area contributed by atoms with Gasteiger partial charge in [-0.1, -0.05) is 37.3 Å². The molecule has 0 unspecified atom stereocenters. The fourth-order valence-electron chi connectivity index (χ4n) is 4.20. The van der Waals surface area contributed by atoms with Gasteiger partial charge < -0.3 is 14.6 Å². The summed E-state index contributed by atoms with van der Waals surface area (Å²) in [5.41, 5.74) is 5.77. The van der Waals surface area contributed by atoms with E-state index in [1.807, 2.05) is 36.4 Å². The second-order valence-electron chi connectivity index (χ2n) is 7.86. The van der Waals surface area contributed by atoms with Crippen molar-refractivity contribution >= 4 is 22.7 Å². The average molecular weight is 421 g/mol. The number of fused-ring (bicyclic) bond motifs is 1. The second-order valence-corrected chi connectivity index (χ2v) is 7.86. The summed E-state index contributed by atoms with van der Waals surface area (Å²) in [6.45, 7) is 3.51. The monoisotopic (exact) mass is 421 g/mol. The SMILES string of the molecule is CCc1cc2ccccc2n1Cc1ccc(C(=O)N[C@@H]2CCOC[C@@H]2C(=O)NO)cc1. The molecule has 1 fully saturated rings. The van der Waals surface area contributed by atoms with Gasteiger partial charge in [0.05, 0.1) is 12.5 Å². The molecule has 162 valence electrons. The third-order valence-corrected chi connectivity index (χ3v) is 5.94. The molecule has 7 heteroatoms. The van der Waals surface area contributed by atoms with Crippen molar-refractivity contribution in [3.05, 3.63) is 71.4 Å². The molecule has 0 bridgehead atoms. The van der Waals surface area contributed by atoms with Crippen LogP contribution in [0.15, 0.2) is 54.6 Å². The highest BCUT2D eigenvalue weighted by Crippen LogP contribution is 2.22. The minimum absolute atomic E-state index is 0.168. The highest BCUT2D eigenvalue weighted by molar-refractivity contribution is 5.95. The van der Waals surface area contributed by atoms with Crippen LogP contribution < -0.4 is 10.8 Å². The molecule has 0 aliphatic carbocycles. The molecule has 2 aromatic carbocycles. The topological polar surface area (TPSA) is 92.6 Å². The van der Waals surface area contributed by atoms with Crippen molar-refractivity contribution in [1.29, 1.82) is 0 Å². The van der Waals surface area contributed by atoms with E-state index < -0.39 is 11.8 Å². The number of rotatable bonds is 6. The van der Waals surface area contributed by atoms with Crippen molar-refractivity contribution in [3.63, 3.8) is 0 Å². The van der Waals surface area contributed by atoms with Gasteiger partial charge >= 0.3 is 0 Å². The Morgan fingerprint density at radius 2 is 1.94 bits per heavy atom. The minimum Gasteiger partial charge on any atom is -0.380 e. The van der Waals surface area contributed by atoms with Crippen molar-refractivity contribution in [2.75, 3.05) is 13.2 Å². The summed E-state index contributed by atoms with van der Waals surface area (Å²) in [5.74, 6) is -1.41. The molecule has 7 nitrogen and oxygen atoms in total. The summed E-state index contributed by atoms with van der Waals surface area (Å²) in [6.07, 6.45) is 1.46. The molecule has 1 aliphatic heterocycles. The maximum absolute atomic E-state index is 12.7. The van der Waals surface area contributed by atoms with Gasteiger partial charge in [0.15, 0.2) is 0 Å². The maximum Gasteiger partial charge on any atom is 0.251 e. The van der Waals surface area contributed by atoms with E-state index in [1.54, 1.807) is 5.48 Å². The van der Waals surface area contributed by atoms with Crippen molar-refractivity contribution in [2.24, 2.45) is 5.92 Å². The number of hydrogen-bond acceptors (Lipinski definition) is 4.